The summed E-state index contributed by atoms with van der Waals surface area (Å²) in [6.07, 6.45) is 9.32. The molecule has 1 unspecified atom stereocenters. The van der Waals surface area contributed by atoms with Crippen molar-refractivity contribution >= 4 is 0 Å². The Hall–Kier alpha value is -0.480. The summed E-state index contributed by atoms with van der Waals surface area (Å²) in [6.45, 7) is 10.3. The van der Waals surface area contributed by atoms with Crippen molar-refractivity contribution in [3.63, 3.8) is 0 Å². The van der Waals surface area contributed by atoms with Gasteiger partial charge < -0.3 is 0 Å². The third kappa shape index (κ3) is 3.35. The zero-order valence-electron chi connectivity index (χ0n) is 9.84. The largest absolute Gasteiger partial charge is 0.292 e. The number of likely N-dealkylation sites (tertiary alicyclic amines) is 1. The van der Waals surface area contributed by atoms with Gasteiger partial charge in [-0.2, -0.15) is 0 Å². The second-order valence-corrected chi connectivity index (χ2v) is 5.47. The highest BCUT2D eigenvalue weighted by molar-refractivity contribution is 4.89. The van der Waals surface area contributed by atoms with E-state index < -0.39 is 0 Å². The van der Waals surface area contributed by atoms with Gasteiger partial charge in [-0.15, -0.1) is 6.42 Å². The van der Waals surface area contributed by atoms with Crippen LogP contribution in [0.2, 0.25) is 0 Å². The normalized spacial score (nSPS) is 25.4. The van der Waals surface area contributed by atoms with Gasteiger partial charge in [-0.3, -0.25) is 4.90 Å². The summed E-state index contributed by atoms with van der Waals surface area (Å²) in [5, 5.41) is 0. The highest BCUT2D eigenvalue weighted by Gasteiger charge is 2.26. The summed E-state index contributed by atoms with van der Waals surface area (Å²) in [5.74, 6) is 3.61. The quantitative estimate of drug-likeness (QED) is 0.579. The van der Waals surface area contributed by atoms with Gasteiger partial charge in [0, 0.05) is 0 Å². The molecule has 0 saturated carbocycles. The summed E-state index contributed by atoms with van der Waals surface area (Å²) < 4.78 is 0. The third-order valence-electron chi connectivity index (χ3n) is 3.36. The average molecular weight is 193 g/mol. The standard InChI is InChI=1S/C13H23N/c1-5-9-14-10-6-7-12(8-11-14)13(2,3)4/h1,12H,6-11H2,2-4H3. The number of nitrogens with zero attached hydrogens (tertiary/aromatic N) is 1. The molecule has 0 N–H and O–H groups in total. The van der Waals surface area contributed by atoms with Crippen LogP contribution in [0, 0.1) is 23.7 Å². The lowest BCUT2D eigenvalue weighted by atomic mass is 9.77. The van der Waals surface area contributed by atoms with E-state index in [4.69, 9.17) is 6.42 Å². The molecule has 1 heterocycles. The molecule has 1 saturated heterocycles. The van der Waals surface area contributed by atoms with E-state index >= 15 is 0 Å². The first kappa shape index (κ1) is 11.6. The third-order valence-corrected chi connectivity index (χ3v) is 3.36. The minimum atomic E-state index is 0.464. The molecule has 1 aliphatic rings. The topological polar surface area (TPSA) is 3.24 Å². The molecule has 0 spiro atoms. The van der Waals surface area contributed by atoms with Gasteiger partial charge in [-0.05, 0) is 43.7 Å². The summed E-state index contributed by atoms with van der Waals surface area (Å²) in [6, 6.07) is 0. The lowest BCUT2D eigenvalue weighted by Crippen LogP contribution is -2.26. The van der Waals surface area contributed by atoms with Crippen LogP contribution in [-0.2, 0) is 0 Å². The van der Waals surface area contributed by atoms with Gasteiger partial charge in [-0.25, -0.2) is 0 Å². The first-order valence-electron chi connectivity index (χ1n) is 5.70. The Labute approximate surface area is 88.9 Å². The maximum Gasteiger partial charge on any atom is 0.0598 e. The maximum absolute atomic E-state index is 5.34. The van der Waals surface area contributed by atoms with Gasteiger partial charge in [0.25, 0.3) is 0 Å². The fourth-order valence-corrected chi connectivity index (χ4v) is 2.31. The number of rotatable bonds is 1. The average Bonchev–Trinajstić information content (AvgIpc) is 2.29. The molecule has 14 heavy (non-hydrogen) atoms. The van der Waals surface area contributed by atoms with Crippen molar-refractivity contribution < 1.29 is 0 Å². The fraction of sp³-hybridized carbons (Fsp3) is 0.846. The summed E-state index contributed by atoms with van der Waals surface area (Å²) in [5.41, 5.74) is 0.464. The SMILES string of the molecule is C#CCN1CCCC(C(C)(C)C)CC1. The van der Waals surface area contributed by atoms with Crippen LogP contribution >= 0.6 is 0 Å². The molecule has 0 aromatic carbocycles. The van der Waals surface area contributed by atoms with Crippen molar-refractivity contribution in [2.24, 2.45) is 11.3 Å². The molecular weight excluding hydrogens is 170 g/mol. The number of hydrogen-bond donors (Lipinski definition) is 0. The zero-order chi connectivity index (χ0) is 10.6. The van der Waals surface area contributed by atoms with E-state index in [0.29, 0.717) is 5.41 Å². The minimum Gasteiger partial charge on any atom is -0.292 e. The van der Waals surface area contributed by atoms with Gasteiger partial charge in [0.1, 0.15) is 0 Å². The van der Waals surface area contributed by atoms with E-state index in [1.165, 1.54) is 32.4 Å². The van der Waals surface area contributed by atoms with Crippen LogP contribution in [0.25, 0.3) is 0 Å². The highest BCUT2D eigenvalue weighted by atomic mass is 15.1. The summed E-state index contributed by atoms with van der Waals surface area (Å²) in [4.78, 5) is 2.41. The molecule has 0 aliphatic carbocycles. The van der Waals surface area contributed by atoms with Crippen molar-refractivity contribution in [2.75, 3.05) is 19.6 Å². The van der Waals surface area contributed by atoms with E-state index in [2.05, 4.69) is 31.6 Å². The number of terminal acetylenes is 1. The molecule has 1 heteroatoms. The Bertz CT molecular complexity index is 206. The number of hydrogen-bond acceptors (Lipinski definition) is 1. The van der Waals surface area contributed by atoms with Gasteiger partial charge in [0.05, 0.1) is 6.54 Å². The van der Waals surface area contributed by atoms with Crippen molar-refractivity contribution in [3.8, 4) is 12.3 Å². The van der Waals surface area contributed by atoms with E-state index in [0.717, 1.165) is 12.5 Å². The van der Waals surface area contributed by atoms with Crippen LogP contribution < -0.4 is 0 Å². The van der Waals surface area contributed by atoms with Crippen molar-refractivity contribution in [1.29, 1.82) is 0 Å². The van der Waals surface area contributed by atoms with E-state index in [-0.39, 0.29) is 0 Å². The van der Waals surface area contributed by atoms with Gasteiger partial charge in [-0.1, -0.05) is 26.7 Å². The van der Waals surface area contributed by atoms with Crippen LogP contribution in [0.3, 0.4) is 0 Å². The van der Waals surface area contributed by atoms with E-state index in [9.17, 15) is 0 Å². The molecule has 0 aromatic heterocycles. The molecule has 1 fully saturated rings. The Balaban J connectivity index is 2.45. The Morgan fingerprint density at radius 1 is 1.29 bits per heavy atom. The molecular formula is C13H23N. The Morgan fingerprint density at radius 3 is 2.57 bits per heavy atom. The smallest absolute Gasteiger partial charge is 0.0598 e. The Kier molecular flexibility index (Phi) is 4.01. The summed E-state index contributed by atoms with van der Waals surface area (Å²) in [7, 11) is 0. The predicted molar refractivity (Wildman–Crippen MR) is 62.1 cm³/mol. The second-order valence-electron chi connectivity index (χ2n) is 5.47. The first-order chi connectivity index (χ1) is 6.54. The van der Waals surface area contributed by atoms with Crippen LogP contribution in [0.5, 0.6) is 0 Å². The van der Waals surface area contributed by atoms with Crippen LogP contribution in [-0.4, -0.2) is 24.5 Å². The lowest BCUT2D eigenvalue weighted by Gasteiger charge is -2.29. The second kappa shape index (κ2) is 4.84. The highest BCUT2D eigenvalue weighted by Crippen LogP contribution is 2.34. The van der Waals surface area contributed by atoms with E-state index in [1.54, 1.807) is 0 Å². The molecule has 0 aromatic rings. The van der Waals surface area contributed by atoms with Gasteiger partial charge in [0.2, 0.25) is 0 Å². The molecule has 1 nitrogen and oxygen atoms in total. The molecule has 0 bridgehead atoms. The van der Waals surface area contributed by atoms with Crippen molar-refractivity contribution in [1.82, 2.24) is 4.90 Å². The van der Waals surface area contributed by atoms with Crippen molar-refractivity contribution in [2.45, 2.75) is 40.0 Å². The van der Waals surface area contributed by atoms with Gasteiger partial charge >= 0.3 is 0 Å². The molecule has 80 valence electrons. The van der Waals surface area contributed by atoms with E-state index in [1.807, 2.05) is 0 Å². The summed E-state index contributed by atoms with van der Waals surface area (Å²) >= 11 is 0. The zero-order valence-corrected chi connectivity index (χ0v) is 9.84. The first-order valence-corrected chi connectivity index (χ1v) is 5.70. The van der Waals surface area contributed by atoms with Crippen LogP contribution in [0.15, 0.2) is 0 Å². The van der Waals surface area contributed by atoms with Crippen molar-refractivity contribution in [3.05, 3.63) is 0 Å². The lowest BCUT2D eigenvalue weighted by molar-refractivity contribution is 0.211. The fourth-order valence-electron chi connectivity index (χ4n) is 2.31. The van der Waals surface area contributed by atoms with Gasteiger partial charge in [0.15, 0.2) is 0 Å². The minimum absolute atomic E-state index is 0.464. The molecule has 0 amide bonds. The molecule has 1 atom stereocenters. The monoisotopic (exact) mass is 193 g/mol. The molecule has 1 rings (SSSR count). The van der Waals surface area contributed by atoms with Crippen LogP contribution in [0.1, 0.15) is 40.0 Å². The Morgan fingerprint density at radius 2 is 2.00 bits per heavy atom. The molecule has 0 radical (unpaired) electrons. The maximum atomic E-state index is 5.34. The predicted octanol–water partition coefficient (Wildman–Crippen LogP) is 2.77. The molecule has 1 aliphatic heterocycles. The van der Waals surface area contributed by atoms with Crippen LogP contribution in [0.4, 0.5) is 0 Å².